The van der Waals surface area contributed by atoms with Crippen LogP contribution in [0, 0.1) is 50.2 Å². The van der Waals surface area contributed by atoms with Gasteiger partial charge in [0, 0.05) is 0 Å². The van der Waals surface area contributed by atoms with Gasteiger partial charge in [-0.2, -0.15) is 0 Å². The van der Waals surface area contributed by atoms with Crippen LogP contribution in [0.1, 0.15) is 113 Å². The van der Waals surface area contributed by atoms with Crippen molar-refractivity contribution in [2.24, 2.45) is 50.2 Å². The monoisotopic (exact) mass is 456 g/mol. The van der Waals surface area contributed by atoms with Gasteiger partial charge in [0.15, 0.2) is 0 Å². The fourth-order valence-corrected chi connectivity index (χ4v) is 10.6. The second-order valence-electron chi connectivity index (χ2n) is 15.1. The van der Waals surface area contributed by atoms with E-state index in [4.69, 9.17) is 0 Å². The number of hydrogen-bond donors (Lipinski definition) is 2. The number of allylic oxidation sites excluding steroid dienone is 2. The summed E-state index contributed by atoms with van der Waals surface area (Å²) in [7, 11) is 0. The van der Waals surface area contributed by atoms with Crippen molar-refractivity contribution in [3.05, 3.63) is 11.6 Å². The average molecular weight is 457 g/mol. The molecule has 3 heteroatoms. The van der Waals surface area contributed by atoms with Crippen molar-refractivity contribution in [3.8, 4) is 0 Å². The molecular formula is C30H48O3. The lowest BCUT2D eigenvalue weighted by Gasteiger charge is -2.71. The number of fused-ring (bicyclic) bond motifs is 7. The number of aliphatic hydroxyl groups is 1. The highest BCUT2D eigenvalue weighted by Gasteiger charge is 2.69. The number of hydrogen-bond acceptors (Lipinski definition) is 2. The van der Waals surface area contributed by atoms with Crippen LogP contribution in [0.2, 0.25) is 0 Å². The molecule has 8 atom stereocenters. The molecule has 33 heavy (non-hydrogen) atoms. The van der Waals surface area contributed by atoms with Crippen molar-refractivity contribution in [3.63, 3.8) is 0 Å². The summed E-state index contributed by atoms with van der Waals surface area (Å²) in [5.74, 6) is 0.807. The third-order valence-electron chi connectivity index (χ3n) is 13.0. The van der Waals surface area contributed by atoms with Gasteiger partial charge in [-0.1, -0.05) is 60.1 Å². The topological polar surface area (TPSA) is 57.5 Å². The van der Waals surface area contributed by atoms with Gasteiger partial charge in [-0.25, -0.2) is 0 Å². The van der Waals surface area contributed by atoms with Crippen molar-refractivity contribution >= 4 is 5.97 Å². The molecule has 5 rings (SSSR count). The van der Waals surface area contributed by atoms with Crippen molar-refractivity contribution < 1.29 is 15.0 Å². The average Bonchev–Trinajstić information content (AvgIpc) is 2.71. The van der Waals surface area contributed by atoms with Crippen molar-refractivity contribution in [1.82, 2.24) is 0 Å². The SMILES string of the molecule is CC1(C)CC[C@]2(C(=O)O)CCC3(C)C(=CCC4C5(C)CC[C@H](O)C(C)(C)C5CC[C@]43C)C2C1. The fourth-order valence-electron chi connectivity index (χ4n) is 10.6. The number of carboxylic acid groups (broad SMARTS) is 1. The molecule has 186 valence electrons. The zero-order chi connectivity index (χ0) is 24.2. The highest BCUT2D eigenvalue weighted by atomic mass is 16.4. The van der Waals surface area contributed by atoms with Crippen molar-refractivity contribution in [2.45, 2.75) is 119 Å². The minimum Gasteiger partial charge on any atom is -0.481 e. The van der Waals surface area contributed by atoms with Gasteiger partial charge in [0.2, 0.25) is 0 Å². The van der Waals surface area contributed by atoms with E-state index in [2.05, 4.69) is 54.5 Å². The smallest absolute Gasteiger partial charge is 0.310 e. The normalized spacial score (nSPS) is 52.4. The van der Waals surface area contributed by atoms with E-state index in [-0.39, 0.29) is 39.1 Å². The minimum atomic E-state index is -0.553. The van der Waals surface area contributed by atoms with Gasteiger partial charge in [0.1, 0.15) is 0 Å². The first-order chi connectivity index (χ1) is 15.1. The third-order valence-corrected chi connectivity index (χ3v) is 13.0. The Balaban J connectivity index is 1.60. The van der Waals surface area contributed by atoms with Gasteiger partial charge in [0.25, 0.3) is 0 Å². The van der Waals surface area contributed by atoms with Crippen LogP contribution < -0.4 is 0 Å². The van der Waals surface area contributed by atoms with Crippen LogP contribution in [0.4, 0.5) is 0 Å². The molecule has 0 aromatic rings. The number of carboxylic acids is 1. The molecule has 3 nitrogen and oxygen atoms in total. The Morgan fingerprint density at radius 3 is 2.21 bits per heavy atom. The summed E-state index contributed by atoms with van der Waals surface area (Å²) in [6.07, 6.45) is 12.6. The van der Waals surface area contributed by atoms with Crippen molar-refractivity contribution in [2.75, 3.05) is 0 Å². The Kier molecular flexibility index (Phi) is 4.99. The predicted octanol–water partition coefficient (Wildman–Crippen LogP) is 7.23. The number of rotatable bonds is 1. The summed E-state index contributed by atoms with van der Waals surface area (Å²) in [5.41, 5.74) is 1.68. The molecule has 0 saturated heterocycles. The van der Waals surface area contributed by atoms with Crippen LogP contribution in [0.25, 0.3) is 0 Å². The van der Waals surface area contributed by atoms with E-state index in [9.17, 15) is 15.0 Å². The summed E-state index contributed by atoms with van der Waals surface area (Å²) in [6.45, 7) is 16.9. The van der Waals surface area contributed by atoms with E-state index in [1.54, 1.807) is 0 Å². The summed E-state index contributed by atoms with van der Waals surface area (Å²) in [6, 6.07) is 0. The molecule has 0 aromatic heterocycles. The summed E-state index contributed by atoms with van der Waals surface area (Å²) in [4.78, 5) is 12.8. The standard InChI is InChI=1S/C30H48O3/c1-25(2)14-16-30(24(32)33)17-15-28(6)19(20(30)18-25)8-9-22-27(5)12-11-23(31)26(3,4)21(27)10-13-29(22,28)7/h8,20-23,31H,9-18H2,1-7H3,(H,32,33)/t20?,21?,22?,23-,27?,28?,29+,30-/m0/s1. The Bertz CT molecular complexity index is 885. The molecule has 2 N–H and O–H groups in total. The minimum absolute atomic E-state index is 0.0301. The van der Waals surface area contributed by atoms with Gasteiger partial charge in [-0.3, -0.25) is 4.79 Å². The summed E-state index contributed by atoms with van der Waals surface area (Å²) >= 11 is 0. The van der Waals surface area contributed by atoms with E-state index in [0.29, 0.717) is 11.8 Å². The second-order valence-corrected chi connectivity index (χ2v) is 15.1. The maximum atomic E-state index is 12.8. The van der Waals surface area contributed by atoms with Crippen LogP contribution in [0.5, 0.6) is 0 Å². The number of aliphatic hydroxyl groups excluding tert-OH is 1. The van der Waals surface area contributed by atoms with Gasteiger partial charge < -0.3 is 10.2 Å². The first kappa shape index (κ1) is 23.9. The highest BCUT2D eigenvalue weighted by Crippen LogP contribution is 2.75. The van der Waals surface area contributed by atoms with Crippen LogP contribution in [0.3, 0.4) is 0 Å². The molecule has 0 amide bonds. The van der Waals surface area contributed by atoms with Crippen molar-refractivity contribution in [1.29, 1.82) is 0 Å². The number of carbonyl (C=O) groups is 1. The first-order valence-electron chi connectivity index (χ1n) is 13.8. The van der Waals surface area contributed by atoms with Gasteiger partial charge in [0.05, 0.1) is 11.5 Å². The van der Waals surface area contributed by atoms with Crippen LogP contribution in [-0.4, -0.2) is 22.3 Å². The van der Waals surface area contributed by atoms with Crippen LogP contribution >= 0.6 is 0 Å². The molecule has 0 heterocycles. The third kappa shape index (κ3) is 2.87. The molecule has 5 aliphatic carbocycles. The molecule has 0 aliphatic heterocycles. The Labute approximate surface area is 201 Å². The van der Waals surface area contributed by atoms with Crippen LogP contribution in [0.15, 0.2) is 11.6 Å². The molecular weight excluding hydrogens is 408 g/mol. The fraction of sp³-hybridized carbons (Fsp3) is 0.900. The molecule has 0 aromatic carbocycles. The maximum Gasteiger partial charge on any atom is 0.310 e. The Morgan fingerprint density at radius 2 is 1.55 bits per heavy atom. The van der Waals surface area contributed by atoms with E-state index >= 15 is 0 Å². The molecule has 5 unspecified atom stereocenters. The van der Waals surface area contributed by atoms with E-state index < -0.39 is 11.4 Å². The lowest BCUT2D eigenvalue weighted by Crippen LogP contribution is -2.65. The molecule has 0 radical (unpaired) electrons. The highest BCUT2D eigenvalue weighted by molar-refractivity contribution is 5.76. The van der Waals surface area contributed by atoms with Gasteiger partial charge >= 0.3 is 5.97 Å². The largest absolute Gasteiger partial charge is 0.481 e. The molecule has 4 saturated carbocycles. The van der Waals surface area contributed by atoms with E-state index in [1.165, 1.54) is 18.4 Å². The Hall–Kier alpha value is -0.830. The zero-order valence-electron chi connectivity index (χ0n) is 22.3. The molecule has 0 bridgehead atoms. The molecule has 4 fully saturated rings. The van der Waals surface area contributed by atoms with Gasteiger partial charge in [-0.15, -0.1) is 0 Å². The second kappa shape index (κ2) is 6.89. The molecule has 5 aliphatic rings. The summed E-state index contributed by atoms with van der Waals surface area (Å²) in [5, 5.41) is 21.4. The van der Waals surface area contributed by atoms with E-state index in [1.807, 2.05) is 0 Å². The number of aliphatic carboxylic acids is 1. The Morgan fingerprint density at radius 1 is 0.879 bits per heavy atom. The summed E-state index contributed by atoms with van der Waals surface area (Å²) < 4.78 is 0. The lowest BCUT2D eigenvalue weighted by molar-refractivity contribution is -0.205. The van der Waals surface area contributed by atoms with Crippen LogP contribution in [-0.2, 0) is 4.79 Å². The van der Waals surface area contributed by atoms with E-state index in [0.717, 1.165) is 51.4 Å². The lowest BCUT2D eigenvalue weighted by atomic mass is 9.33. The van der Waals surface area contributed by atoms with Gasteiger partial charge in [-0.05, 0) is 109 Å². The zero-order valence-corrected chi connectivity index (χ0v) is 22.3. The molecule has 0 spiro atoms. The predicted molar refractivity (Wildman–Crippen MR) is 133 cm³/mol. The quantitative estimate of drug-likeness (QED) is 0.409. The maximum absolute atomic E-state index is 12.8. The first-order valence-corrected chi connectivity index (χ1v) is 13.8.